The van der Waals surface area contributed by atoms with E-state index in [9.17, 15) is 4.79 Å². The number of aromatic nitrogens is 2. The molecule has 0 bridgehead atoms. The van der Waals surface area contributed by atoms with Crippen LogP contribution in [0.15, 0.2) is 42.9 Å². The summed E-state index contributed by atoms with van der Waals surface area (Å²) in [7, 11) is 0. The van der Waals surface area contributed by atoms with Crippen molar-refractivity contribution < 1.29 is 4.79 Å². The molecule has 0 spiro atoms. The topological polar surface area (TPSA) is 61.0 Å². The van der Waals surface area contributed by atoms with E-state index in [2.05, 4.69) is 15.3 Å². The van der Waals surface area contributed by atoms with Crippen molar-refractivity contribution in [3.05, 3.63) is 48.5 Å². The number of hydrogen-bond acceptors (Lipinski definition) is 3. The fraction of sp³-hybridized carbons (Fsp3) is 0.154. The number of carbonyl (C=O) groups is 1. The second-order valence-electron chi connectivity index (χ2n) is 4.29. The molecular formula is C13H12N4OS. The van der Waals surface area contributed by atoms with Gasteiger partial charge >= 0.3 is 0 Å². The third-order valence-corrected chi connectivity index (χ3v) is 3.31. The van der Waals surface area contributed by atoms with Crippen molar-refractivity contribution in [1.29, 1.82) is 0 Å². The highest BCUT2D eigenvalue weighted by molar-refractivity contribution is 7.80. The van der Waals surface area contributed by atoms with Gasteiger partial charge in [0.1, 0.15) is 6.04 Å². The summed E-state index contributed by atoms with van der Waals surface area (Å²) in [6.07, 6.45) is 3.85. The highest BCUT2D eigenvalue weighted by Crippen LogP contribution is 2.20. The monoisotopic (exact) mass is 272 g/mol. The summed E-state index contributed by atoms with van der Waals surface area (Å²) in [5.41, 5.74) is 1.70. The van der Waals surface area contributed by atoms with Gasteiger partial charge in [-0.25, -0.2) is 4.98 Å². The van der Waals surface area contributed by atoms with Crippen LogP contribution in [0.3, 0.4) is 0 Å². The number of amides is 1. The van der Waals surface area contributed by atoms with Gasteiger partial charge in [0.2, 0.25) is 0 Å². The number of imidazole rings is 1. The van der Waals surface area contributed by atoms with E-state index >= 15 is 0 Å². The van der Waals surface area contributed by atoms with Gasteiger partial charge in [-0.15, -0.1) is 0 Å². The molecule has 1 saturated heterocycles. The van der Waals surface area contributed by atoms with Crippen molar-refractivity contribution >= 4 is 28.9 Å². The molecule has 0 radical (unpaired) electrons. The molecule has 6 heteroatoms. The number of thiocarbonyl (C=S) groups is 1. The SMILES string of the molecule is O=C1[C@@H](Cc2cnc[nH]2)NC(=S)N1c1ccccc1. The van der Waals surface area contributed by atoms with Crippen molar-refractivity contribution in [2.75, 3.05) is 4.90 Å². The van der Waals surface area contributed by atoms with Gasteiger partial charge in [0, 0.05) is 18.3 Å². The fourth-order valence-corrected chi connectivity index (χ4v) is 2.45. The highest BCUT2D eigenvalue weighted by atomic mass is 32.1. The largest absolute Gasteiger partial charge is 0.350 e. The molecule has 1 atom stereocenters. The first kappa shape index (κ1) is 11.9. The Labute approximate surface area is 115 Å². The molecule has 2 aromatic rings. The van der Waals surface area contributed by atoms with E-state index in [0.717, 1.165) is 11.4 Å². The molecule has 3 rings (SSSR count). The molecule has 5 nitrogen and oxygen atoms in total. The van der Waals surface area contributed by atoms with E-state index in [1.165, 1.54) is 4.90 Å². The smallest absolute Gasteiger partial charge is 0.256 e. The van der Waals surface area contributed by atoms with Crippen LogP contribution < -0.4 is 10.2 Å². The van der Waals surface area contributed by atoms with Gasteiger partial charge in [-0.3, -0.25) is 9.69 Å². The molecule has 1 aliphatic rings. The fourth-order valence-electron chi connectivity index (χ4n) is 2.11. The number of carbonyl (C=O) groups excluding carboxylic acids is 1. The summed E-state index contributed by atoms with van der Waals surface area (Å²) in [6.45, 7) is 0. The number of para-hydroxylation sites is 1. The van der Waals surface area contributed by atoms with Gasteiger partial charge in [-0.1, -0.05) is 18.2 Å². The van der Waals surface area contributed by atoms with Crippen LogP contribution in [-0.2, 0) is 11.2 Å². The predicted octanol–water partition coefficient (Wildman–Crippen LogP) is 1.24. The molecular weight excluding hydrogens is 260 g/mol. The van der Waals surface area contributed by atoms with Crippen LogP contribution >= 0.6 is 12.2 Å². The Bertz CT molecular complexity index is 596. The Balaban J connectivity index is 1.82. The molecule has 96 valence electrons. The van der Waals surface area contributed by atoms with Crippen molar-refractivity contribution in [2.45, 2.75) is 12.5 Å². The molecule has 2 heterocycles. The number of nitrogens with one attached hydrogen (secondary N) is 2. The van der Waals surface area contributed by atoms with Crippen LogP contribution in [0.25, 0.3) is 0 Å². The van der Waals surface area contributed by atoms with Gasteiger partial charge in [0.25, 0.3) is 5.91 Å². The molecule has 1 aromatic heterocycles. The van der Waals surface area contributed by atoms with Gasteiger partial charge in [0.15, 0.2) is 5.11 Å². The lowest BCUT2D eigenvalue weighted by molar-refractivity contribution is -0.118. The van der Waals surface area contributed by atoms with Crippen LogP contribution in [0.5, 0.6) is 0 Å². The lowest BCUT2D eigenvalue weighted by atomic mass is 10.1. The lowest BCUT2D eigenvalue weighted by Gasteiger charge is -2.14. The second kappa shape index (κ2) is 4.81. The third-order valence-electron chi connectivity index (χ3n) is 3.01. The maximum Gasteiger partial charge on any atom is 0.256 e. The first-order valence-electron chi connectivity index (χ1n) is 5.92. The number of anilines is 1. The number of hydrogen-bond donors (Lipinski definition) is 2. The Morgan fingerprint density at radius 1 is 1.32 bits per heavy atom. The zero-order chi connectivity index (χ0) is 13.2. The molecule has 0 saturated carbocycles. The van der Waals surface area contributed by atoms with Crippen LogP contribution in [0.4, 0.5) is 5.69 Å². The molecule has 0 aliphatic carbocycles. The zero-order valence-corrected chi connectivity index (χ0v) is 10.9. The van der Waals surface area contributed by atoms with Crippen LogP contribution in [0, 0.1) is 0 Å². The van der Waals surface area contributed by atoms with Gasteiger partial charge in [-0.05, 0) is 24.4 Å². The average molecular weight is 272 g/mol. The summed E-state index contributed by atoms with van der Waals surface area (Å²) in [6, 6.07) is 9.06. The Morgan fingerprint density at radius 2 is 2.11 bits per heavy atom. The maximum absolute atomic E-state index is 12.4. The minimum atomic E-state index is -0.340. The first-order chi connectivity index (χ1) is 9.25. The van der Waals surface area contributed by atoms with E-state index < -0.39 is 0 Å². The van der Waals surface area contributed by atoms with E-state index in [1.807, 2.05) is 30.3 Å². The first-order valence-corrected chi connectivity index (χ1v) is 6.33. The summed E-state index contributed by atoms with van der Waals surface area (Å²) >= 11 is 5.24. The Morgan fingerprint density at radius 3 is 2.79 bits per heavy atom. The van der Waals surface area contributed by atoms with Crippen molar-refractivity contribution in [3.63, 3.8) is 0 Å². The van der Waals surface area contributed by atoms with Crippen LogP contribution in [0.2, 0.25) is 0 Å². The second-order valence-corrected chi connectivity index (χ2v) is 4.68. The van der Waals surface area contributed by atoms with Crippen LogP contribution in [0.1, 0.15) is 5.69 Å². The summed E-state index contributed by atoms with van der Waals surface area (Å²) in [5, 5.41) is 3.50. The van der Waals surface area contributed by atoms with E-state index in [4.69, 9.17) is 12.2 Å². The van der Waals surface area contributed by atoms with E-state index in [0.29, 0.717) is 11.5 Å². The lowest BCUT2D eigenvalue weighted by Crippen LogP contribution is -2.32. The Hall–Kier alpha value is -2.21. The summed E-state index contributed by atoms with van der Waals surface area (Å²) in [4.78, 5) is 20.9. The zero-order valence-electron chi connectivity index (χ0n) is 10.0. The summed E-state index contributed by atoms with van der Waals surface area (Å²) in [5.74, 6) is -0.0363. The Kier molecular flexibility index (Phi) is 3.00. The van der Waals surface area contributed by atoms with Gasteiger partial charge in [0.05, 0.1) is 12.0 Å². The van der Waals surface area contributed by atoms with Gasteiger partial charge in [-0.2, -0.15) is 0 Å². The molecule has 1 aromatic carbocycles. The maximum atomic E-state index is 12.4. The standard InChI is InChI=1S/C13H12N4OS/c18-12-11(6-9-7-14-8-15-9)16-13(19)17(12)10-4-2-1-3-5-10/h1-5,7-8,11H,6H2,(H,14,15)(H,16,19)/t11-/m1/s1. The quantitative estimate of drug-likeness (QED) is 0.825. The minimum absolute atomic E-state index is 0.0363. The van der Waals surface area contributed by atoms with Crippen molar-refractivity contribution in [1.82, 2.24) is 15.3 Å². The number of benzene rings is 1. The predicted molar refractivity (Wildman–Crippen MR) is 75.7 cm³/mol. The molecule has 1 aliphatic heterocycles. The third kappa shape index (κ3) is 2.22. The highest BCUT2D eigenvalue weighted by Gasteiger charge is 2.36. The van der Waals surface area contributed by atoms with Crippen molar-refractivity contribution in [2.24, 2.45) is 0 Å². The molecule has 1 fully saturated rings. The van der Waals surface area contributed by atoms with Crippen molar-refractivity contribution in [3.8, 4) is 0 Å². The van der Waals surface area contributed by atoms with E-state index in [1.54, 1.807) is 12.5 Å². The average Bonchev–Trinajstić information content (AvgIpc) is 3.01. The molecule has 19 heavy (non-hydrogen) atoms. The van der Waals surface area contributed by atoms with Gasteiger partial charge < -0.3 is 10.3 Å². The minimum Gasteiger partial charge on any atom is -0.350 e. The van der Waals surface area contributed by atoms with E-state index in [-0.39, 0.29) is 11.9 Å². The molecule has 1 amide bonds. The van der Waals surface area contributed by atoms with Crippen LogP contribution in [-0.4, -0.2) is 27.0 Å². The number of aromatic amines is 1. The number of nitrogens with zero attached hydrogens (tertiary/aromatic N) is 2. The number of H-pyrrole nitrogens is 1. The molecule has 2 N–H and O–H groups in total. The normalized spacial score (nSPS) is 18.7. The number of rotatable bonds is 3. The molecule has 0 unspecified atom stereocenters. The summed E-state index contributed by atoms with van der Waals surface area (Å²) < 4.78 is 0.